The molecule has 2 aromatic rings. The van der Waals surface area contributed by atoms with E-state index in [-0.39, 0.29) is 11.8 Å². The Morgan fingerprint density at radius 1 is 1.23 bits per heavy atom. The zero-order valence-electron chi connectivity index (χ0n) is 16.4. The summed E-state index contributed by atoms with van der Waals surface area (Å²) in [4.78, 5) is 32.1. The number of carbonyl (C=O) groups is 3. The standard InChI is InChI=1S/C16H19FN2O3.C4H4O4/c1-11(20)21-9-8-19-6-4-12(5-7-19)16-14-3-2-13(17)10-15(14)22-18-16;5-3(6)1-2-4(7)8/h2-3,10,12H,4-9H2,1H3;1-2H,(H,5,6)(H,7,8)/b;2-1+. The van der Waals surface area contributed by atoms with E-state index in [1.54, 1.807) is 6.07 Å². The summed E-state index contributed by atoms with van der Waals surface area (Å²) in [5, 5.41) is 20.7. The number of piperidine rings is 1. The van der Waals surface area contributed by atoms with E-state index >= 15 is 0 Å². The van der Waals surface area contributed by atoms with Gasteiger partial charge in [-0.25, -0.2) is 14.0 Å². The SMILES string of the molecule is CC(=O)OCCN1CCC(c2noc3cc(F)ccc23)CC1.O=C(O)/C=C/C(=O)O. The molecule has 0 aliphatic carbocycles. The maximum atomic E-state index is 13.2. The van der Waals surface area contributed by atoms with E-state index < -0.39 is 11.9 Å². The molecule has 9 nitrogen and oxygen atoms in total. The lowest BCUT2D eigenvalue weighted by molar-refractivity contribution is -0.141. The lowest BCUT2D eigenvalue weighted by Crippen LogP contribution is -2.35. The maximum Gasteiger partial charge on any atom is 0.328 e. The lowest BCUT2D eigenvalue weighted by Gasteiger charge is -2.30. The fraction of sp³-hybridized carbons (Fsp3) is 0.400. The van der Waals surface area contributed by atoms with E-state index in [4.69, 9.17) is 19.5 Å². The van der Waals surface area contributed by atoms with Crippen LogP contribution in [-0.2, 0) is 19.1 Å². The van der Waals surface area contributed by atoms with Crippen LogP contribution in [0.5, 0.6) is 0 Å². The van der Waals surface area contributed by atoms with Crippen molar-refractivity contribution < 1.29 is 38.2 Å². The van der Waals surface area contributed by atoms with E-state index in [9.17, 15) is 18.8 Å². The smallest absolute Gasteiger partial charge is 0.328 e. The summed E-state index contributed by atoms with van der Waals surface area (Å²) in [5.74, 6) is -2.73. The number of nitrogens with zero attached hydrogens (tertiary/aromatic N) is 2. The van der Waals surface area contributed by atoms with Crippen LogP contribution in [0.4, 0.5) is 4.39 Å². The average molecular weight is 422 g/mol. The molecule has 3 rings (SSSR count). The molecule has 162 valence electrons. The van der Waals surface area contributed by atoms with Crippen LogP contribution < -0.4 is 0 Å². The number of esters is 1. The second kappa shape index (κ2) is 11.1. The van der Waals surface area contributed by atoms with Gasteiger partial charge in [-0.3, -0.25) is 9.69 Å². The number of halogens is 1. The number of carboxylic acid groups (broad SMARTS) is 2. The first-order valence-corrected chi connectivity index (χ1v) is 9.30. The molecule has 0 bridgehead atoms. The third-order valence-electron chi connectivity index (χ3n) is 4.52. The molecule has 30 heavy (non-hydrogen) atoms. The van der Waals surface area contributed by atoms with Crippen molar-refractivity contribution in [3.63, 3.8) is 0 Å². The van der Waals surface area contributed by atoms with Crippen LogP contribution in [0.15, 0.2) is 34.9 Å². The van der Waals surface area contributed by atoms with Crippen LogP contribution in [0.2, 0.25) is 0 Å². The number of aliphatic carboxylic acids is 2. The zero-order valence-corrected chi connectivity index (χ0v) is 16.4. The average Bonchev–Trinajstić information content (AvgIpc) is 3.10. The Morgan fingerprint density at radius 2 is 1.87 bits per heavy atom. The molecular weight excluding hydrogens is 399 g/mol. The molecule has 1 saturated heterocycles. The molecule has 0 unspecified atom stereocenters. The highest BCUT2D eigenvalue weighted by Crippen LogP contribution is 2.32. The van der Waals surface area contributed by atoms with Gasteiger partial charge in [-0.15, -0.1) is 0 Å². The second-order valence-corrected chi connectivity index (χ2v) is 6.67. The van der Waals surface area contributed by atoms with E-state index in [0.717, 1.165) is 43.6 Å². The van der Waals surface area contributed by atoms with Crippen molar-refractivity contribution in [1.82, 2.24) is 10.1 Å². The maximum absolute atomic E-state index is 13.2. The van der Waals surface area contributed by atoms with Gasteiger partial charge in [0.15, 0.2) is 5.58 Å². The fourth-order valence-corrected chi connectivity index (χ4v) is 3.12. The van der Waals surface area contributed by atoms with Gasteiger partial charge in [0.1, 0.15) is 12.4 Å². The number of aromatic nitrogens is 1. The topological polar surface area (TPSA) is 130 Å². The molecule has 0 saturated carbocycles. The predicted molar refractivity (Wildman–Crippen MR) is 103 cm³/mol. The molecule has 1 fully saturated rings. The minimum absolute atomic E-state index is 0.240. The molecule has 10 heteroatoms. The Bertz CT molecular complexity index is 901. The molecule has 1 aliphatic heterocycles. The summed E-state index contributed by atoms with van der Waals surface area (Å²) < 4.78 is 23.4. The monoisotopic (exact) mass is 422 g/mol. The third-order valence-corrected chi connectivity index (χ3v) is 4.52. The number of rotatable bonds is 6. The van der Waals surface area contributed by atoms with E-state index in [1.165, 1.54) is 19.1 Å². The summed E-state index contributed by atoms with van der Waals surface area (Å²) in [7, 11) is 0. The molecule has 0 spiro atoms. The summed E-state index contributed by atoms with van der Waals surface area (Å²) in [6.45, 7) is 4.48. The molecule has 2 heterocycles. The minimum Gasteiger partial charge on any atom is -0.478 e. The fourth-order valence-electron chi connectivity index (χ4n) is 3.12. The number of carboxylic acids is 2. The number of likely N-dealkylation sites (tertiary alicyclic amines) is 1. The number of hydrogen-bond donors (Lipinski definition) is 2. The van der Waals surface area contributed by atoms with Crippen molar-refractivity contribution in [2.75, 3.05) is 26.2 Å². The molecular formula is C20H23FN2O7. The van der Waals surface area contributed by atoms with Gasteiger partial charge < -0.3 is 19.5 Å². The summed E-state index contributed by atoms with van der Waals surface area (Å²) in [5.41, 5.74) is 1.43. The Hall–Kier alpha value is -3.27. The highest BCUT2D eigenvalue weighted by Gasteiger charge is 2.25. The van der Waals surface area contributed by atoms with Crippen LogP contribution in [0.3, 0.4) is 0 Å². The van der Waals surface area contributed by atoms with E-state index in [0.29, 0.717) is 30.3 Å². The van der Waals surface area contributed by atoms with Crippen LogP contribution >= 0.6 is 0 Å². The number of carbonyl (C=O) groups excluding carboxylic acids is 1. The molecule has 0 amide bonds. The van der Waals surface area contributed by atoms with Crippen LogP contribution in [0, 0.1) is 5.82 Å². The van der Waals surface area contributed by atoms with Gasteiger partial charge in [0.2, 0.25) is 0 Å². The van der Waals surface area contributed by atoms with Crippen LogP contribution in [0.1, 0.15) is 31.4 Å². The van der Waals surface area contributed by atoms with Gasteiger partial charge in [0, 0.05) is 43.0 Å². The summed E-state index contributed by atoms with van der Waals surface area (Å²) in [6.07, 6.45) is 3.06. The van der Waals surface area contributed by atoms with Gasteiger partial charge in [-0.05, 0) is 38.1 Å². The van der Waals surface area contributed by atoms with Crippen molar-refractivity contribution in [1.29, 1.82) is 0 Å². The third kappa shape index (κ3) is 7.28. The Balaban J connectivity index is 0.000000343. The highest BCUT2D eigenvalue weighted by molar-refractivity contribution is 5.89. The highest BCUT2D eigenvalue weighted by atomic mass is 19.1. The van der Waals surface area contributed by atoms with Gasteiger partial charge in [0.05, 0.1) is 5.69 Å². The zero-order chi connectivity index (χ0) is 22.1. The number of benzene rings is 1. The van der Waals surface area contributed by atoms with Crippen molar-refractivity contribution in [2.24, 2.45) is 0 Å². The van der Waals surface area contributed by atoms with Gasteiger partial charge >= 0.3 is 17.9 Å². The number of fused-ring (bicyclic) bond motifs is 1. The van der Waals surface area contributed by atoms with Crippen LogP contribution in [-0.4, -0.2) is 64.4 Å². The van der Waals surface area contributed by atoms with Crippen molar-refractivity contribution >= 4 is 28.9 Å². The van der Waals surface area contributed by atoms with Crippen molar-refractivity contribution in [3.05, 3.63) is 41.9 Å². The molecule has 1 aromatic heterocycles. The molecule has 1 aliphatic rings. The van der Waals surface area contributed by atoms with Crippen molar-refractivity contribution in [2.45, 2.75) is 25.7 Å². The largest absolute Gasteiger partial charge is 0.478 e. The lowest BCUT2D eigenvalue weighted by atomic mass is 9.91. The van der Waals surface area contributed by atoms with Crippen molar-refractivity contribution in [3.8, 4) is 0 Å². The molecule has 0 radical (unpaired) electrons. The Kier molecular flexibility index (Phi) is 8.48. The Morgan fingerprint density at radius 3 is 2.43 bits per heavy atom. The Labute approximate surface area is 171 Å². The predicted octanol–water partition coefficient (Wildman–Crippen LogP) is 2.42. The molecule has 2 N–H and O–H groups in total. The quantitative estimate of drug-likeness (QED) is 0.532. The van der Waals surface area contributed by atoms with E-state index in [1.807, 2.05) is 0 Å². The minimum atomic E-state index is -1.26. The van der Waals surface area contributed by atoms with Crippen LogP contribution in [0.25, 0.3) is 11.0 Å². The normalized spacial score (nSPS) is 15.0. The first-order chi connectivity index (χ1) is 14.3. The first-order valence-electron chi connectivity index (χ1n) is 9.30. The van der Waals surface area contributed by atoms with Gasteiger partial charge in [0.25, 0.3) is 0 Å². The number of hydrogen-bond acceptors (Lipinski definition) is 7. The van der Waals surface area contributed by atoms with E-state index in [2.05, 4.69) is 10.1 Å². The van der Waals surface area contributed by atoms with Gasteiger partial charge in [-0.2, -0.15) is 0 Å². The summed E-state index contributed by atoms with van der Waals surface area (Å²) in [6, 6.07) is 4.56. The second-order valence-electron chi connectivity index (χ2n) is 6.67. The van der Waals surface area contributed by atoms with Gasteiger partial charge in [-0.1, -0.05) is 5.16 Å². The molecule has 1 aromatic carbocycles. The first kappa shape index (κ1) is 23.0. The molecule has 0 atom stereocenters. The number of ether oxygens (including phenoxy) is 1. The summed E-state index contributed by atoms with van der Waals surface area (Å²) >= 11 is 0.